The number of benzene rings is 1. The van der Waals surface area contributed by atoms with Gasteiger partial charge >= 0.3 is 5.97 Å². The molecule has 0 spiro atoms. The van der Waals surface area contributed by atoms with E-state index in [4.69, 9.17) is 5.11 Å². The molecule has 0 heterocycles. The summed E-state index contributed by atoms with van der Waals surface area (Å²) in [6, 6.07) is 7.76. The molecule has 0 fully saturated rings. The van der Waals surface area contributed by atoms with Crippen molar-refractivity contribution < 1.29 is 14.7 Å². The van der Waals surface area contributed by atoms with Gasteiger partial charge in [0.25, 0.3) is 0 Å². The second kappa shape index (κ2) is 7.16. The van der Waals surface area contributed by atoms with Crippen LogP contribution in [0.4, 0.5) is 0 Å². The summed E-state index contributed by atoms with van der Waals surface area (Å²) in [7, 11) is 1.73. The first-order valence-electron chi connectivity index (χ1n) is 5.69. The minimum atomic E-state index is -0.863. The predicted molar refractivity (Wildman–Crippen MR) is 72.1 cm³/mol. The van der Waals surface area contributed by atoms with Gasteiger partial charge in [-0.1, -0.05) is 28.1 Å². The van der Waals surface area contributed by atoms with Crippen molar-refractivity contribution in [2.24, 2.45) is 0 Å². The van der Waals surface area contributed by atoms with Crippen molar-refractivity contribution in [2.45, 2.75) is 25.8 Å². The maximum Gasteiger partial charge on any atom is 0.303 e. The van der Waals surface area contributed by atoms with Crippen LogP contribution in [0.5, 0.6) is 0 Å². The molecule has 0 atom stereocenters. The van der Waals surface area contributed by atoms with Crippen LogP contribution in [0.3, 0.4) is 0 Å². The molecule has 0 aromatic heterocycles. The van der Waals surface area contributed by atoms with Gasteiger partial charge in [0.05, 0.1) is 0 Å². The smallest absolute Gasteiger partial charge is 0.303 e. The maximum absolute atomic E-state index is 11.7. The molecule has 0 unspecified atom stereocenters. The number of hydrogen-bond donors (Lipinski definition) is 1. The first kappa shape index (κ1) is 14.7. The van der Waals surface area contributed by atoms with Gasteiger partial charge in [0.2, 0.25) is 5.91 Å². The Hall–Kier alpha value is -1.36. The summed E-state index contributed by atoms with van der Waals surface area (Å²) in [5.41, 5.74) is 1.04. The molecule has 4 nitrogen and oxygen atoms in total. The molecule has 0 aliphatic heterocycles. The monoisotopic (exact) mass is 313 g/mol. The lowest BCUT2D eigenvalue weighted by molar-refractivity contribution is -0.137. The highest BCUT2D eigenvalue weighted by Crippen LogP contribution is 2.13. The van der Waals surface area contributed by atoms with Crippen LogP contribution in [0.25, 0.3) is 0 Å². The Morgan fingerprint density at radius 3 is 2.67 bits per heavy atom. The summed E-state index contributed by atoms with van der Waals surface area (Å²) in [4.78, 5) is 23.7. The molecule has 1 aromatic rings. The van der Waals surface area contributed by atoms with Crippen LogP contribution in [0.2, 0.25) is 0 Å². The van der Waals surface area contributed by atoms with Crippen molar-refractivity contribution in [2.75, 3.05) is 7.05 Å². The molecule has 0 saturated carbocycles. The van der Waals surface area contributed by atoms with E-state index in [9.17, 15) is 9.59 Å². The first-order valence-corrected chi connectivity index (χ1v) is 6.48. The fourth-order valence-corrected chi connectivity index (χ4v) is 2.03. The average molecular weight is 314 g/mol. The number of amides is 1. The molecule has 0 aliphatic carbocycles. The molecule has 1 amide bonds. The third-order valence-electron chi connectivity index (χ3n) is 2.52. The summed E-state index contributed by atoms with van der Waals surface area (Å²) in [5.74, 6) is -0.895. The molecule has 0 radical (unpaired) electrons. The van der Waals surface area contributed by atoms with Gasteiger partial charge in [0.1, 0.15) is 0 Å². The maximum atomic E-state index is 11.7. The van der Waals surface area contributed by atoms with Crippen LogP contribution in [0.1, 0.15) is 24.8 Å². The van der Waals surface area contributed by atoms with Crippen molar-refractivity contribution in [1.82, 2.24) is 4.90 Å². The highest BCUT2D eigenvalue weighted by atomic mass is 79.9. The summed E-state index contributed by atoms with van der Waals surface area (Å²) >= 11 is 3.38. The highest BCUT2D eigenvalue weighted by Gasteiger charge is 2.10. The topological polar surface area (TPSA) is 57.6 Å². The SMILES string of the molecule is CN(Cc1cccc(Br)c1)C(=O)CCCC(=O)O. The third kappa shape index (κ3) is 5.31. The van der Waals surface area contributed by atoms with Crippen molar-refractivity contribution >= 4 is 27.8 Å². The number of hydrogen-bond acceptors (Lipinski definition) is 2. The molecule has 1 N–H and O–H groups in total. The Morgan fingerprint density at radius 2 is 2.06 bits per heavy atom. The number of rotatable bonds is 6. The second-order valence-corrected chi connectivity index (χ2v) is 5.04. The minimum absolute atomic E-state index is 0.0313. The van der Waals surface area contributed by atoms with Crippen LogP contribution in [0.15, 0.2) is 28.7 Å². The molecule has 0 saturated heterocycles. The molecule has 1 aromatic carbocycles. The molecule has 18 heavy (non-hydrogen) atoms. The van der Waals surface area contributed by atoms with Crippen molar-refractivity contribution in [1.29, 1.82) is 0 Å². The number of halogens is 1. The Labute approximate surface area is 115 Å². The fraction of sp³-hybridized carbons (Fsp3) is 0.385. The number of nitrogens with zero attached hydrogens (tertiary/aromatic N) is 1. The summed E-state index contributed by atoms with van der Waals surface area (Å²) in [6.07, 6.45) is 0.699. The molecule has 98 valence electrons. The van der Waals surface area contributed by atoms with E-state index in [0.717, 1.165) is 10.0 Å². The average Bonchev–Trinajstić information content (AvgIpc) is 2.28. The number of carboxylic acids is 1. The Bertz CT molecular complexity index is 434. The van der Waals surface area contributed by atoms with Gasteiger partial charge in [-0.2, -0.15) is 0 Å². The van der Waals surface area contributed by atoms with Gasteiger partial charge in [-0.15, -0.1) is 0 Å². The molecule has 1 rings (SSSR count). The van der Waals surface area contributed by atoms with Gasteiger partial charge in [0, 0.05) is 30.9 Å². The first-order chi connectivity index (χ1) is 8.49. The largest absolute Gasteiger partial charge is 0.481 e. The zero-order valence-electron chi connectivity index (χ0n) is 10.2. The zero-order valence-corrected chi connectivity index (χ0v) is 11.8. The Balaban J connectivity index is 2.42. The van der Waals surface area contributed by atoms with Crippen LogP contribution >= 0.6 is 15.9 Å². The van der Waals surface area contributed by atoms with Crippen LogP contribution < -0.4 is 0 Å². The zero-order chi connectivity index (χ0) is 13.5. The molecule has 0 aliphatic rings. The van der Waals surface area contributed by atoms with Crippen molar-refractivity contribution in [3.8, 4) is 0 Å². The quantitative estimate of drug-likeness (QED) is 0.878. The van der Waals surface area contributed by atoms with E-state index in [1.54, 1.807) is 11.9 Å². The van der Waals surface area contributed by atoms with Crippen molar-refractivity contribution in [3.63, 3.8) is 0 Å². The summed E-state index contributed by atoms with van der Waals surface area (Å²) in [6.45, 7) is 0.533. The molecular weight excluding hydrogens is 298 g/mol. The number of carbonyl (C=O) groups is 2. The lowest BCUT2D eigenvalue weighted by Gasteiger charge is -2.17. The fourth-order valence-electron chi connectivity index (χ4n) is 1.58. The highest BCUT2D eigenvalue weighted by molar-refractivity contribution is 9.10. The van der Waals surface area contributed by atoms with E-state index in [-0.39, 0.29) is 18.7 Å². The Kier molecular flexibility index (Phi) is 5.85. The number of aliphatic carboxylic acids is 1. The molecule has 5 heteroatoms. The van der Waals surface area contributed by atoms with Crippen LogP contribution in [-0.2, 0) is 16.1 Å². The third-order valence-corrected chi connectivity index (χ3v) is 3.01. The predicted octanol–water partition coefficient (Wildman–Crippen LogP) is 2.66. The van der Waals surface area contributed by atoms with E-state index >= 15 is 0 Å². The molecular formula is C13H16BrNO3. The molecule has 0 bridgehead atoms. The van der Waals surface area contributed by atoms with E-state index in [0.29, 0.717) is 13.0 Å². The van der Waals surface area contributed by atoms with E-state index < -0.39 is 5.97 Å². The standard InChI is InChI=1S/C13H16BrNO3/c1-15(12(16)6-3-7-13(17)18)9-10-4-2-5-11(14)8-10/h2,4-5,8H,3,6-7,9H2,1H3,(H,17,18). The van der Waals surface area contributed by atoms with Gasteiger partial charge in [-0.25, -0.2) is 0 Å². The number of carboxylic acid groups (broad SMARTS) is 1. The normalized spacial score (nSPS) is 10.1. The van der Waals surface area contributed by atoms with Gasteiger partial charge < -0.3 is 10.0 Å². The van der Waals surface area contributed by atoms with Crippen molar-refractivity contribution in [3.05, 3.63) is 34.3 Å². The van der Waals surface area contributed by atoms with E-state index in [1.165, 1.54) is 0 Å². The second-order valence-electron chi connectivity index (χ2n) is 4.13. The lowest BCUT2D eigenvalue weighted by atomic mass is 10.2. The van der Waals surface area contributed by atoms with Gasteiger partial charge in [-0.3, -0.25) is 9.59 Å². The van der Waals surface area contributed by atoms with E-state index in [1.807, 2.05) is 24.3 Å². The Morgan fingerprint density at radius 1 is 1.33 bits per heavy atom. The van der Waals surface area contributed by atoms with E-state index in [2.05, 4.69) is 15.9 Å². The summed E-state index contributed by atoms with van der Waals surface area (Å²) < 4.78 is 0.978. The summed E-state index contributed by atoms with van der Waals surface area (Å²) in [5, 5.41) is 8.50. The number of carbonyl (C=O) groups excluding carboxylic acids is 1. The van der Waals surface area contributed by atoms with Gasteiger partial charge in [0.15, 0.2) is 0 Å². The lowest BCUT2D eigenvalue weighted by Crippen LogP contribution is -2.26. The minimum Gasteiger partial charge on any atom is -0.481 e. The van der Waals surface area contributed by atoms with Gasteiger partial charge in [-0.05, 0) is 24.1 Å². The van der Waals surface area contributed by atoms with Crippen LogP contribution in [0, 0.1) is 0 Å². The van der Waals surface area contributed by atoms with Crippen LogP contribution in [-0.4, -0.2) is 28.9 Å².